The molecule has 0 unspecified atom stereocenters. The lowest BCUT2D eigenvalue weighted by molar-refractivity contribution is -0.132. The second-order valence-electron chi connectivity index (χ2n) is 8.93. The molecule has 1 aliphatic rings. The zero-order chi connectivity index (χ0) is 21.8. The normalized spacial score (nSPS) is 15.0. The number of pyridine rings is 1. The van der Waals surface area contributed by atoms with E-state index in [1.165, 1.54) is 0 Å². The summed E-state index contributed by atoms with van der Waals surface area (Å²) in [7, 11) is 2.04. The molecule has 4 rings (SSSR count). The van der Waals surface area contributed by atoms with Crippen LogP contribution in [0.2, 0.25) is 0 Å². The monoisotopic (exact) mass is 418 g/mol. The van der Waals surface area contributed by atoms with Crippen molar-refractivity contribution in [3.05, 3.63) is 48.0 Å². The standard InChI is InChI=1S/C23H31BN6O/c1-16(2)5-6-22(31)29-10-7-18(8-11-29)20-12-21(26-14-17-4-3-9-25-13-17)30-23(28-20)19(24)15-27-30/h3-4,9,12-13,15-16,18,26H,5-8,10-11,14,24H2,1-2H3. The maximum atomic E-state index is 12.5. The summed E-state index contributed by atoms with van der Waals surface area (Å²) in [6.07, 6.45) is 9.03. The second-order valence-corrected chi connectivity index (χ2v) is 8.93. The molecule has 0 spiro atoms. The fourth-order valence-corrected chi connectivity index (χ4v) is 4.12. The molecule has 162 valence electrons. The molecule has 8 heteroatoms. The van der Waals surface area contributed by atoms with Gasteiger partial charge in [-0.3, -0.25) is 9.78 Å². The molecule has 3 aromatic heterocycles. The number of likely N-dealkylation sites (tertiary alicyclic amines) is 1. The van der Waals surface area contributed by atoms with Crippen molar-refractivity contribution in [2.45, 2.75) is 52.0 Å². The number of nitrogens with one attached hydrogen (secondary N) is 1. The molecule has 1 saturated heterocycles. The van der Waals surface area contributed by atoms with E-state index in [9.17, 15) is 4.79 Å². The Bertz CT molecular complexity index is 1030. The Hall–Kier alpha value is -2.90. The average Bonchev–Trinajstić information content (AvgIpc) is 3.17. The van der Waals surface area contributed by atoms with Crippen LogP contribution in [0.25, 0.3) is 5.65 Å². The van der Waals surface area contributed by atoms with Crippen LogP contribution in [0.4, 0.5) is 5.82 Å². The van der Waals surface area contributed by atoms with E-state index >= 15 is 0 Å². The van der Waals surface area contributed by atoms with Gasteiger partial charge in [0.25, 0.3) is 0 Å². The lowest BCUT2D eigenvalue weighted by atomic mass is 9.92. The van der Waals surface area contributed by atoms with E-state index in [0.717, 1.165) is 60.5 Å². The van der Waals surface area contributed by atoms with Crippen LogP contribution < -0.4 is 10.8 Å². The van der Waals surface area contributed by atoms with Crippen molar-refractivity contribution in [2.24, 2.45) is 5.92 Å². The molecular formula is C23H31BN6O. The van der Waals surface area contributed by atoms with Gasteiger partial charge in [-0.05, 0) is 42.3 Å². The predicted molar refractivity (Wildman–Crippen MR) is 125 cm³/mol. The summed E-state index contributed by atoms with van der Waals surface area (Å²) >= 11 is 0. The van der Waals surface area contributed by atoms with Crippen LogP contribution in [0.3, 0.4) is 0 Å². The van der Waals surface area contributed by atoms with E-state index in [4.69, 9.17) is 4.98 Å². The maximum Gasteiger partial charge on any atom is 0.222 e. The number of piperidine rings is 1. The third kappa shape index (κ3) is 5.06. The van der Waals surface area contributed by atoms with Crippen LogP contribution in [-0.4, -0.2) is 51.3 Å². The number of carbonyl (C=O) groups is 1. The lowest BCUT2D eigenvalue weighted by Gasteiger charge is -2.32. The number of anilines is 1. The molecule has 3 aromatic rings. The van der Waals surface area contributed by atoms with Crippen molar-refractivity contribution >= 4 is 30.7 Å². The van der Waals surface area contributed by atoms with Gasteiger partial charge < -0.3 is 10.2 Å². The van der Waals surface area contributed by atoms with E-state index in [1.54, 1.807) is 6.20 Å². The molecule has 0 aromatic carbocycles. The zero-order valence-electron chi connectivity index (χ0n) is 18.7. The molecule has 4 heterocycles. The first-order chi connectivity index (χ1) is 15.0. The third-order valence-corrected chi connectivity index (χ3v) is 6.07. The summed E-state index contributed by atoms with van der Waals surface area (Å²) < 4.78 is 1.87. The SMILES string of the molecule is Bc1cnn2c(NCc3cccnc3)cc(C3CCN(C(=O)CCC(C)C)CC3)nc12. The van der Waals surface area contributed by atoms with Crippen molar-refractivity contribution < 1.29 is 4.79 Å². The number of carbonyl (C=O) groups excluding carboxylic acids is 1. The van der Waals surface area contributed by atoms with Crippen molar-refractivity contribution in [3.63, 3.8) is 0 Å². The number of hydrogen-bond donors (Lipinski definition) is 1. The molecule has 1 N–H and O–H groups in total. The minimum absolute atomic E-state index is 0.293. The van der Waals surface area contributed by atoms with Crippen LogP contribution in [0.15, 0.2) is 36.8 Å². The minimum atomic E-state index is 0.293. The summed E-state index contributed by atoms with van der Waals surface area (Å²) in [5, 5.41) is 8.02. The van der Waals surface area contributed by atoms with E-state index in [0.29, 0.717) is 30.7 Å². The molecule has 0 saturated carbocycles. The van der Waals surface area contributed by atoms with Gasteiger partial charge in [0, 0.05) is 62.3 Å². The van der Waals surface area contributed by atoms with Gasteiger partial charge in [0.05, 0.1) is 0 Å². The molecule has 1 aliphatic heterocycles. The maximum absolute atomic E-state index is 12.5. The molecule has 0 bridgehead atoms. The largest absolute Gasteiger partial charge is 0.366 e. The molecular weight excluding hydrogens is 387 g/mol. The van der Waals surface area contributed by atoms with Crippen LogP contribution >= 0.6 is 0 Å². The molecule has 0 atom stereocenters. The van der Waals surface area contributed by atoms with Gasteiger partial charge in [-0.25, -0.2) is 4.98 Å². The Balaban J connectivity index is 1.48. The van der Waals surface area contributed by atoms with Gasteiger partial charge in [0.2, 0.25) is 5.91 Å². The molecule has 7 nitrogen and oxygen atoms in total. The number of hydrogen-bond acceptors (Lipinski definition) is 5. The second kappa shape index (κ2) is 9.50. The van der Waals surface area contributed by atoms with Gasteiger partial charge in [-0.1, -0.05) is 19.9 Å². The highest BCUT2D eigenvalue weighted by Crippen LogP contribution is 2.29. The van der Waals surface area contributed by atoms with Crippen LogP contribution in [0, 0.1) is 5.92 Å². The fourth-order valence-electron chi connectivity index (χ4n) is 4.12. The molecule has 1 fully saturated rings. The Morgan fingerprint density at radius 1 is 1.29 bits per heavy atom. The van der Waals surface area contributed by atoms with Gasteiger partial charge in [0.1, 0.15) is 13.7 Å². The van der Waals surface area contributed by atoms with Gasteiger partial charge in [0.15, 0.2) is 5.65 Å². The minimum Gasteiger partial charge on any atom is -0.366 e. The van der Waals surface area contributed by atoms with Crippen LogP contribution in [0.5, 0.6) is 0 Å². The number of amides is 1. The molecule has 31 heavy (non-hydrogen) atoms. The quantitative estimate of drug-likeness (QED) is 0.595. The summed E-state index contributed by atoms with van der Waals surface area (Å²) in [5.74, 6) is 2.15. The predicted octanol–water partition coefficient (Wildman–Crippen LogP) is 2.14. The fraction of sp³-hybridized carbons (Fsp3) is 0.478. The van der Waals surface area contributed by atoms with Crippen molar-refractivity contribution in [2.75, 3.05) is 18.4 Å². The Labute approximate surface area is 184 Å². The van der Waals surface area contributed by atoms with Crippen molar-refractivity contribution in [1.82, 2.24) is 24.5 Å². The smallest absolute Gasteiger partial charge is 0.222 e. The summed E-state index contributed by atoms with van der Waals surface area (Å²) in [4.78, 5) is 23.7. The van der Waals surface area contributed by atoms with Gasteiger partial charge in [-0.15, -0.1) is 0 Å². The van der Waals surface area contributed by atoms with E-state index in [1.807, 2.05) is 35.7 Å². The first kappa shape index (κ1) is 21.3. The molecule has 0 aliphatic carbocycles. The van der Waals surface area contributed by atoms with Gasteiger partial charge in [-0.2, -0.15) is 9.61 Å². The number of fused-ring (bicyclic) bond motifs is 1. The molecule has 0 radical (unpaired) electrons. The highest BCUT2D eigenvalue weighted by molar-refractivity contribution is 6.36. The summed E-state index contributed by atoms with van der Waals surface area (Å²) in [6.45, 7) is 6.63. The van der Waals surface area contributed by atoms with Crippen molar-refractivity contribution in [3.8, 4) is 0 Å². The van der Waals surface area contributed by atoms with Crippen LogP contribution in [0.1, 0.15) is 56.7 Å². The number of aromatic nitrogens is 4. The number of nitrogens with zero attached hydrogens (tertiary/aromatic N) is 5. The molecule has 1 amide bonds. The zero-order valence-corrected chi connectivity index (χ0v) is 18.7. The van der Waals surface area contributed by atoms with Crippen LogP contribution in [-0.2, 0) is 11.3 Å². The van der Waals surface area contributed by atoms with Gasteiger partial charge >= 0.3 is 0 Å². The first-order valence-electron chi connectivity index (χ1n) is 11.3. The Morgan fingerprint density at radius 2 is 2.10 bits per heavy atom. The topological polar surface area (TPSA) is 75.4 Å². The van der Waals surface area contributed by atoms with E-state index in [2.05, 4.69) is 41.4 Å². The Kier molecular flexibility index (Phi) is 6.54. The average molecular weight is 418 g/mol. The lowest BCUT2D eigenvalue weighted by Crippen LogP contribution is -2.38. The first-order valence-corrected chi connectivity index (χ1v) is 11.3. The summed E-state index contributed by atoms with van der Waals surface area (Å²) in [5.41, 5.74) is 4.15. The number of rotatable bonds is 7. The van der Waals surface area contributed by atoms with E-state index in [-0.39, 0.29) is 0 Å². The van der Waals surface area contributed by atoms with E-state index < -0.39 is 0 Å². The van der Waals surface area contributed by atoms with Crippen molar-refractivity contribution in [1.29, 1.82) is 0 Å². The third-order valence-electron chi connectivity index (χ3n) is 6.07. The highest BCUT2D eigenvalue weighted by Gasteiger charge is 2.25. The summed E-state index contributed by atoms with van der Waals surface area (Å²) in [6, 6.07) is 6.12. The highest BCUT2D eigenvalue weighted by atomic mass is 16.2. The Morgan fingerprint density at radius 3 is 2.81 bits per heavy atom.